The Balaban J connectivity index is 2.92. The van der Waals surface area contributed by atoms with Crippen LogP contribution in [0, 0.1) is 4.91 Å². The van der Waals surface area contributed by atoms with Gasteiger partial charge in [-0.1, -0.05) is 19.1 Å². The molecular formula is C10H14N2O2. The fraction of sp³-hybridized carbons (Fsp3) is 0.400. The van der Waals surface area contributed by atoms with E-state index in [-0.39, 0.29) is 11.4 Å². The van der Waals surface area contributed by atoms with Gasteiger partial charge in [-0.25, -0.2) is 0 Å². The summed E-state index contributed by atoms with van der Waals surface area (Å²) in [5.41, 5.74) is 0.832. The monoisotopic (exact) mass is 194 g/mol. The zero-order chi connectivity index (χ0) is 10.6. The van der Waals surface area contributed by atoms with Gasteiger partial charge in [-0.05, 0) is 24.8 Å². The highest BCUT2D eigenvalue weighted by molar-refractivity contribution is 5.54. The van der Waals surface area contributed by atoms with Crippen LogP contribution in [0.4, 0.5) is 5.69 Å². The molecule has 0 heterocycles. The molecule has 0 aliphatic heterocycles. The molecule has 0 aliphatic rings. The molecule has 14 heavy (non-hydrogen) atoms. The number of hydrogen-bond donors (Lipinski definition) is 1. The van der Waals surface area contributed by atoms with Gasteiger partial charge in [0.2, 0.25) is 0 Å². The van der Waals surface area contributed by atoms with Crippen molar-refractivity contribution in [1.82, 2.24) is 4.90 Å². The first-order chi connectivity index (χ1) is 6.69. The van der Waals surface area contributed by atoms with Crippen molar-refractivity contribution in [2.75, 3.05) is 13.6 Å². The normalized spacial score (nSPS) is 10.5. The Bertz CT molecular complexity index is 326. The molecule has 0 saturated heterocycles. The van der Waals surface area contributed by atoms with Gasteiger partial charge < -0.3 is 10.0 Å². The van der Waals surface area contributed by atoms with E-state index in [4.69, 9.17) is 0 Å². The Morgan fingerprint density at radius 3 is 2.79 bits per heavy atom. The van der Waals surface area contributed by atoms with Crippen LogP contribution in [-0.2, 0) is 6.54 Å². The fourth-order valence-electron chi connectivity index (χ4n) is 1.18. The second-order valence-corrected chi connectivity index (χ2v) is 3.21. The van der Waals surface area contributed by atoms with Gasteiger partial charge in [0.1, 0.15) is 11.4 Å². The maximum atomic E-state index is 10.3. The lowest BCUT2D eigenvalue weighted by atomic mass is 10.1. The maximum absolute atomic E-state index is 10.3. The van der Waals surface area contributed by atoms with Gasteiger partial charge in [0, 0.05) is 12.1 Å². The summed E-state index contributed by atoms with van der Waals surface area (Å²) in [7, 11) is 1.94. The van der Waals surface area contributed by atoms with Gasteiger partial charge >= 0.3 is 0 Å². The minimum Gasteiger partial charge on any atom is -0.505 e. The van der Waals surface area contributed by atoms with Crippen molar-refractivity contribution < 1.29 is 5.11 Å². The molecule has 0 unspecified atom stereocenters. The third-order valence-electron chi connectivity index (χ3n) is 2.18. The number of rotatable bonds is 4. The molecule has 76 valence electrons. The van der Waals surface area contributed by atoms with Crippen LogP contribution in [0.1, 0.15) is 12.5 Å². The lowest BCUT2D eigenvalue weighted by Crippen LogP contribution is -2.16. The number of benzene rings is 1. The number of para-hydroxylation sites is 1. The molecule has 0 saturated carbocycles. The van der Waals surface area contributed by atoms with E-state index in [9.17, 15) is 10.0 Å². The van der Waals surface area contributed by atoms with Crippen LogP contribution >= 0.6 is 0 Å². The van der Waals surface area contributed by atoms with Gasteiger partial charge in [0.25, 0.3) is 0 Å². The summed E-state index contributed by atoms with van der Waals surface area (Å²) in [4.78, 5) is 12.3. The molecule has 4 heteroatoms. The minimum atomic E-state index is -0.0113. The lowest BCUT2D eigenvalue weighted by molar-refractivity contribution is 0.337. The first-order valence-corrected chi connectivity index (χ1v) is 4.51. The number of phenols is 1. The van der Waals surface area contributed by atoms with Crippen molar-refractivity contribution in [3.63, 3.8) is 0 Å². The van der Waals surface area contributed by atoms with E-state index in [2.05, 4.69) is 5.18 Å². The van der Waals surface area contributed by atoms with Crippen molar-refractivity contribution in [3.05, 3.63) is 28.7 Å². The second-order valence-electron chi connectivity index (χ2n) is 3.21. The Hall–Kier alpha value is -1.42. The van der Waals surface area contributed by atoms with Gasteiger partial charge in [-0.2, -0.15) is 0 Å². The minimum absolute atomic E-state index is 0.0113. The number of hydrogen-bond acceptors (Lipinski definition) is 4. The average Bonchev–Trinajstić information content (AvgIpc) is 2.21. The van der Waals surface area contributed by atoms with Crippen LogP contribution in [0.5, 0.6) is 5.75 Å². The highest BCUT2D eigenvalue weighted by Gasteiger charge is 2.08. The topological polar surface area (TPSA) is 52.9 Å². The van der Waals surface area contributed by atoms with Crippen molar-refractivity contribution in [2.45, 2.75) is 13.5 Å². The predicted octanol–water partition coefficient (Wildman–Crippen LogP) is 2.24. The van der Waals surface area contributed by atoms with Crippen molar-refractivity contribution in [2.24, 2.45) is 5.18 Å². The van der Waals surface area contributed by atoms with E-state index in [0.717, 1.165) is 12.1 Å². The molecule has 1 N–H and O–H groups in total. The Morgan fingerprint density at radius 1 is 1.50 bits per heavy atom. The SMILES string of the molecule is CCN(C)Cc1cccc(N=O)c1O. The van der Waals surface area contributed by atoms with Crippen molar-refractivity contribution in [3.8, 4) is 5.75 Å². The van der Waals surface area contributed by atoms with Gasteiger partial charge in [-0.15, -0.1) is 4.91 Å². The van der Waals surface area contributed by atoms with Crippen LogP contribution < -0.4 is 0 Å². The largest absolute Gasteiger partial charge is 0.505 e. The standard InChI is InChI=1S/C10H14N2O2/c1-3-12(2)7-8-5-4-6-9(11-14)10(8)13/h4-6,13H,3,7H2,1-2H3. The van der Waals surface area contributed by atoms with Crippen LogP contribution in [0.3, 0.4) is 0 Å². The summed E-state index contributed by atoms with van der Waals surface area (Å²) in [5.74, 6) is -0.0113. The first kappa shape index (κ1) is 10.7. The van der Waals surface area contributed by atoms with E-state index in [1.807, 2.05) is 18.9 Å². The first-order valence-electron chi connectivity index (χ1n) is 4.51. The molecule has 0 aliphatic carbocycles. The van der Waals surface area contributed by atoms with Crippen LogP contribution in [-0.4, -0.2) is 23.6 Å². The summed E-state index contributed by atoms with van der Waals surface area (Å²) in [5, 5.41) is 12.4. The van der Waals surface area contributed by atoms with E-state index in [1.54, 1.807) is 12.1 Å². The third-order valence-corrected chi connectivity index (χ3v) is 2.18. The molecular weight excluding hydrogens is 180 g/mol. The zero-order valence-corrected chi connectivity index (χ0v) is 8.40. The highest BCUT2D eigenvalue weighted by Crippen LogP contribution is 2.30. The smallest absolute Gasteiger partial charge is 0.149 e. The van der Waals surface area contributed by atoms with Gasteiger partial charge in [0.05, 0.1) is 0 Å². The van der Waals surface area contributed by atoms with Crippen LogP contribution in [0.15, 0.2) is 23.4 Å². The molecule has 1 rings (SSSR count). The third kappa shape index (κ3) is 2.29. The number of nitrogens with zero attached hydrogens (tertiary/aromatic N) is 2. The van der Waals surface area contributed by atoms with E-state index in [0.29, 0.717) is 6.54 Å². The molecule has 0 bridgehead atoms. The zero-order valence-electron chi connectivity index (χ0n) is 8.40. The van der Waals surface area contributed by atoms with Crippen LogP contribution in [0.2, 0.25) is 0 Å². The molecule has 1 aromatic rings. The number of nitroso groups, excluding NO2 is 1. The molecule has 1 aromatic carbocycles. The molecule has 0 amide bonds. The molecule has 0 spiro atoms. The quantitative estimate of drug-likeness (QED) is 0.748. The predicted molar refractivity (Wildman–Crippen MR) is 55.6 cm³/mol. The van der Waals surface area contributed by atoms with Crippen LogP contribution in [0.25, 0.3) is 0 Å². The summed E-state index contributed by atoms with van der Waals surface area (Å²) >= 11 is 0. The highest BCUT2D eigenvalue weighted by atomic mass is 16.3. The average molecular weight is 194 g/mol. The summed E-state index contributed by atoms with van der Waals surface area (Å²) in [6.45, 7) is 3.53. The lowest BCUT2D eigenvalue weighted by Gasteiger charge is -2.14. The van der Waals surface area contributed by atoms with E-state index < -0.39 is 0 Å². The van der Waals surface area contributed by atoms with E-state index >= 15 is 0 Å². The molecule has 0 fully saturated rings. The Morgan fingerprint density at radius 2 is 2.21 bits per heavy atom. The van der Waals surface area contributed by atoms with E-state index in [1.165, 1.54) is 6.07 Å². The Kier molecular flexibility index (Phi) is 3.59. The maximum Gasteiger partial charge on any atom is 0.149 e. The molecule has 0 aromatic heterocycles. The molecule has 4 nitrogen and oxygen atoms in total. The summed E-state index contributed by atoms with van der Waals surface area (Å²) in [6, 6.07) is 5.00. The number of phenolic OH excluding ortho intramolecular Hbond substituents is 1. The summed E-state index contributed by atoms with van der Waals surface area (Å²) in [6.07, 6.45) is 0. The van der Waals surface area contributed by atoms with Gasteiger partial charge in [0.15, 0.2) is 0 Å². The molecule has 0 radical (unpaired) electrons. The van der Waals surface area contributed by atoms with Crippen molar-refractivity contribution in [1.29, 1.82) is 0 Å². The fourth-order valence-corrected chi connectivity index (χ4v) is 1.18. The van der Waals surface area contributed by atoms with Crippen molar-refractivity contribution >= 4 is 5.69 Å². The van der Waals surface area contributed by atoms with Gasteiger partial charge in [-0.3, -0.25) is 0 Å². The number of aromatic hydroxyl groups is 1. The Labute approximate surface area is 83.1 Å². The second kappa shape index (κ2) is 4.72. The molecule has 0 atom stereocenters. The summed E-state index contributed by atoms with van der Waals surface area (Å²) < 4.78 is 0.